The van der Waals surface area contributed by atoms with Gasteiger partial charge in [-0.1, -0.05) is 39.8 Å². The number of hydrogen-bond donors (Lipinski definition) is 1. The van der Waals surface area contributed by atoms with Gasteiger partial charge in [-0.05, 0) is 35.6 Å². The number of ether oxygens (including phenoxy) is 1. The maximum atomic E-state index is 10.8. The highest BCUT2D eigenvalue weighted by Crippen LogP contribution is 2.24. The lowest BCUT2D eigenvalue weighted by Gasteiger charge is -2.19. The molecule has 0 atom stereocenters. The van der Waals surface area contributed by atoms with Gasteiger partial charge in [0.15, 0.2) is 0 Å². The minimum atomic E-state index is -0.880. The smallest absolute Gasteiger partial charge is 0.331 e. The van der Waals surface area contributed by atoms with E-state index in [0.29, 0.717) is 12.0 Å². The molecular formula is C16H22O3. The summed E-state index contributed by atoms with van der Waals surface area (Å²) < 4.78 is 5.52. The molecule has 0 aliphatic carbocycles. The highest BCUT2D eigenvalue weighted by molar-refractivity contribution is 5.86. The van der Waals surface area contributed by atoms with Gasteiger partial charge in [-0.15, -0.1) is 0 Å². The molecule has 0 aliphatic rings. The number of rotatable bonds is 5. The lowest BCUT2D eigenvalue weighted by Crippen LogP contribution is -2.10. The SMILES string of the molecule is CCC(=CCOc1ccc(C(C)(C)C)cc1)C(=O)O. The summed E-state index contributed by atoms with van der Waals surface area (Å²) in [7, 11) is 0. The molecule has 0 aromatic heterocycles. The van der Waals surface area contributed by atoms with Crippen molar-refractivity contribution < 1.29 is 14.6 Å². The topological polar surface area (TPSA) is 46.5 Å². The molecule has 104 valence electrons. The van der Waals surface area contributed by atoms with Crippen LogP contribution in [0, 0.1) is 0 Å². The second-order valence-corrected chi connectivity index (χ2v) is 5.47. The summed E-state index contributed by atoms with van der Waals surface area (Å²) >= 11 is 0. The molecule has 0 fully saturated rings. The molecule has 0 spiro atoms. The fourth-order valence-corrected chi connectivity index (χ4v) is 1.67. The molecule has 0 unspecified atom stereocenters. The molecule has 19 heavy (non-hydrogen) atoms. The zero-order valence-corrected chi connectivity index (χ0v) is 12.1. The third kappa shape index (κ3) is 4.78. The van der Waals surface area contributed by atoms with Gasteiger partial charge < -0.3 is 9.84 Å². The first-order chi connectivity index (χ1) is 8.84. The quantitative estimate of drug-likeness (QED) is 0.821. The second-order valence-electron chi connectivity index (χ2n) is 5.47. The van der Waals surface area contributed by atoms with Crippen LogP contribution in [0.1, 0.15) is 39.7 Å². The van der Waals surface area contributed by atoms with E-state index in [4.69, 9.17) is 9.84 Å². The number of carboxylic acid groups (broad SMARTS) is 1. The van der Waals surface area contributed by atoms with E-state index in [2.05, 4.69) is 20.8 Å². The largest absolute Gasteiger partial charge is 0.490 e. The van der Waals surface area contributed by atoms with E-state index in [1.54, 1.807) is 6.08 Å². The zero-order valence-electron chi connectivity index (χ0n) is 12.1. The van der Waals surface area contributed by atoms with Crippen molar-refractivity contribution in [2.45, 2.75) is 39.5 Å². The highest BCUT2D eigenvalue weighted by atomic mass is 16.5. The first kappa shape index (κ1) is 15.3. The van der Waals surface area contributed by atoms with Crippen LogP contribution in [0.15, 0.2) is 35.9 Å². The Morgan fingerprint density at radius 3 is 2.26 bits per heavy atom. The van der Waals surface area contributed by atoms with Crippen molar-refractivity contribution in [2.75, 3.05) is 6.61 Å². The maximum Gasteiger partial charge on any atom is 0.331 e. The second kappa shape index (κ2) is 6.41. The Kier molecular flexibility index (Phi) is 5.16. The molecule has 0 aliphatic heterocycles. The summed E-state index contributed by atoms with van der Waals surface area (Å²) in [5.74, 6) is -0.126. The maximum absolute atomic E-state index is 10.8. The van der Waals surface area contributed by atoms with E-state index in [-0.39, 0.29) is 12.0 Å². The Bertz CT molecular complexity index is 450. The fourth-order valence-electron chi connectivity index (χ4n) is 1.67. The lowest BCUT2D eigenvalue weighted by molar-refractivity contribution is -0.132. The normalized spacial score (nSPS) is 12.3. The van der Waals surface area contributed by atoms with Gasteiger partial charge in [0.1, 0.15) is 12.4 Å². The number of carbonyl (C=O) groups is 1. The van der Waals surface area contributed by atoms with Crippen LogP contribution in [0.4, 0.5) is 0 Å². The monoisotopic (exact) mass is 262 g/mol. The summed E-state index contributed by atoms with van der Waals surface area (Å²) in [6, 6.07) is 7.91. The van der Waals surface area contributed by atoms with Crippen molar-refractivity contribution in [3.05, 3.63) is 41.5 Å². The van der Waals surface area contributed by atoms with Gasteiger partial charge in [0.05, 0.1) is 0 Å². The molecule has 0 amide bonds. The van der Waals surface area contributed by atoms with Crippen molar-refractivity contribution in [2.24, 2.45) is 0 Å². The third-order valence-electron chi connectivity index (χ3n) is 2.96. The molecule has 0 saturated carbocycles. The minimum Gasteiger partial charge on any atom is -0.490 e. The van der Waals surface area contributed by atoms with E-state index in [1.807, 2.05) is 31.2 Å². The Morgan fingerprint density at radius 1 is 1.26 bits per heavy atom. The van der Waals surface area contributed by atoms with E-state index in [1.165, 1.54) is 5.56 Å². The summed E-state index contributed by atoms with van der Waals surface area (Å²) in [6.45, 7) is 8.58. The van der Waals surface area contributed by atoms with Crippen LogP contribution in [0.25, 0.3) is 0 Å². The highest BCUT2D eigenvalue weighted by Gasteiger charge is 2.12. The molecule has 1 aromatic carbocycles. The van der Waals surface area contributed by atoms with Crippen molar-refractivity contribution in [3.63, 3.8) is 0 Å². The van der Waals surface area contributed by atoms with Crippen LogP contribution in [-0.2, 0) is 10.2 Å². The van der Waals surface area contributed by atoms with Gasteiger partial charge in [-0.2, -0.15) is 0 Å². The van der Waals surface area contributed by atoms with E-state index in [9.17, 15) is 4.79 Å². The average Bonchev–Trinajstić information content (AvgIpc) is 2.33. The predicted octanol–water partition coefficient (Wildman–Crippen LogP) is 3.78. The first-order valence-electron chi connectivity index (χ1n) is 6.50. The number of aliphatic carboxylic acids is 1. The molecule has 1 aromatic rings. The summed E-state index contributed by atoms with van der Waals surface area (Å²) in [6.07, 6.45) is 2.11. The van der Waals surface area contributed by atoms with Crippen LogP contribution in [0.5, 0.6) is 5.75 Å². The fraction of sp³-hybridized carbons (Fsp3) is 0.438. The number of hydrogen-bond acceptors (Lipinski definition) is 2. The predicted molar refractivity (Wildman–Crippen MR) is 76.6 cm³/mol. The molecule has 3 heteroatoms. The molecule has 3 nitrogen and oxygen atoms in total. The van der Waals surface area contributed by atoms with Crippen LogP contribution >= 0.6 is 0 Å². The van der Waals surface area contributed by atoms with Crippen molar-refractivity contribution in [1.82, 2.24) is 0 Å². The molecule has 0 saturated heterocycles. The standard InChI is InChI=1S/C16H22O3/c1-5-12(15(17)18)10-11-19-14-8-6-13(7-9-14)16(2,3)4/h6-10H,5,11H2,1-4H3,(H,17,18). The van der Waals surface area contributed by atoms with Gasteiger partial charge in [0.25, 0.3) is 0 Å². The molecule has 0 bridgehead atoms. The van der Waals surface area contributed by atoms with Crippen molar-refractivity contribution >= 4 is 5.97 Å². The van der Waals surface area contributed by atoms with E-state index >= 15 is 0 Å². The molecule has 1 rings (SSSR count). The summed E-state index contributed by atoms with van der Waals surface area (Å²) in [5, 5.41) is 8.87. The van der Waals surface area contributed by atoms with Gasteiger partial charge in [-0.25, -0.2) is 4.79 Å². The van der Waals surface area contributed by atoms with Gasteiger partial charge >= 0.3 is 5.97 Å². The summed E-state index contributed by atoms with van der Waals surface area (Å²) in [4.78, 5) is 10.8. The lowest BCUT2D eigenvalue weighted by atomic mass is 9.87. The van der Waals surface area contributed by atoms with Gasteiger partial charge in [0.2, 0.25) is 0 Å². The first-order valence-corrected chi connectivity index (χ1v) is 6.50. The van der Waals surface area contributed by atoms with Crippen LogP contribution in [-0.4, -0.2) is 17.7 Å². The van der Waals surface area contributed by atoms with E-state index in [0.717, 1.165) is 5.75 Å². The average molecular weight is 262 g/mol. The molecule has 0 heterocycles. The number of benzene rings is 1. The zero-order chi connectivity index (χ0) is 14.5. The Hall–Kier alpha value is -1.77. The Balaban J connectivity index is 2.62. The molecule has 0 radical (unpaired) electrons. The minimum absolute atomic E-state index is 0.122. The molecular weight excluding hydrogens is 240 g/mol. The van der Waals surface area contributed by atoms with E-state index < -0.39 is 5.97 Å². The Labute approximate surface area is 114 Å². The van der Waals surface area contributed by atoms with Crippen LogP contribution < -0.4 is 4.74 Å². The van der Waals surface area contributed by atoms with Crippen molar-refractivity contribution in [3.8, 4) is 5.75 Å². The Morgan fingerprint density at radius 2 is 1.84 bits per heavy atom. The third-order valence-corrected chi connectivity index (χ3v) is 2.96. The van der Waals surface area contributed by atoms with Crippen molar-refractivity contribution in [1.29, 1.82) is 0 Å². The summed E-state index contributed by atoms with van der Waals surface area (Å²) in [5.41, 5.74) is 1.75. The van der Waals surface area contributed by atoms with Crippen LogP contribution in [0.3, 0.4) is 0 Å². The van der Waals surface area contributed by atoms with Gasteiger partial charge in [-0.3, -0.25) is 0 Å². The van der Waals surface area contributed by atoms with Gasteiger partial charge in [0, 0.05) is 5.57 Å². The molecule has 1 N–H and O–H groups in total. The number of carboxylic acids is 1. The van der Waals surface area contributed by atoms with Crippen LogP contribution in [0.2, 0.25) is 0 Å².